The van der Waals surface area contributed by atoms with Crippen LogP contribution in [0.5, 0.6) is 5.75 Å². The van der Waals surface area contributed by atoms with Crippen molar-refractivity contribution in [2.24, 2.45) is 0 Å². The van der Waals surface area contributed by atoms with Crippen LogP contribution in [-0.2, 0) is 30.6 Å². The summed E-state index contributed by atoms with van der Waals surface area (Å²) in [6, 6.07) is 6.10. The number of hydrogen-bond donors (Lipinski definition) is 0. The van der Waals surface area contributed by atoms with Crippen LogP contribution in [0.4, 0.5) is 0 Å². The molecule has 1 aliphatic heterocycles. The monoisotopic (exact) mass is 330 g/mol. The van der Waals surface area contributed by atoms with Crippen molar-refractivity contribution in [3.63, 3.8) is 0 Å². The number of nitrogens with zero attached hydrogens (tertiary/aromatic N) is 2. The Hall–Kier alpha value is -1.88. The van der Waals surface area contributed by atoms with Crippen molar-refractivity contribution in [3.8, 4) is 5.75 Å². The maximum atomic E-state index is 12.4. The molecule has 3 rings (SSSR count). The number of benzene rings is 1. The van der Waals surface area contributed by atoms with Gasteiger partial charge >= 0.3 is 0 Å². The average molecular weight is 330 g/mol. The van der Waals surface area contributed by atoms with Gasteiger partial charge in [0, 0.05) is 18.1 Å². The van der Waals surface area contributed by atoms with E-state index in [4.69, 9.17) is 4.74 Å². The highest BCUT2D eigenvalue weighted by molar-refractivity contribution is 7.11. The van der Waals surface area contributed by atoms with Crippen LogP contribution in [0, 0.1) is 0 Å². The van der Waals surface area contributed by atoms with Gasteiger partial charge in [-0.3, -0.25) is 4.79 Å². The van der Waals surface area contributed by atoms with E-state index in [1.165, 1.54) is 10.4 Å². The fourth-order valence-corrected chi connectivity index (χ4v) is 3.62. The molecule has 2 aromatic rings. The van der Waals surface area contributed by atoms with Crippen molar-refractivity contribution in [1.82, 2.24) is 9.88 Å². The molecule has 5 heteroatoms. The smallest absolute Gasteiger partial charge is 0.227 e. The average Bonchev–Trinajstić information content (AvgIpc) is 3.02. The van der Waals surface area contributed by atoms with Gasteiger partial charge in [0.05, 0.1) is 19.6 Å². The Kier molecular flexibility index (Phi) is 4.96. The van der Waals surface area contributed by atoms with Gasteiger partial charge in [-0.05, 0) is 36.5 Å². The number of carbonyl (C=O) groups excluding carboxylic acids is 1. The third-order valence-electron chi connectivity index (χ3n) is 4.08. The summed E-state index contributed by atoms with van der Waals surface area (Å²) in [5.74, 6) is 1.09. The third-order valence-corrected chi connectivity index (χ3v) is 5.20. The van der Waals surface area contributed by atoms with E-state index < -0.39 is 0 Å². The highest BCUT2D eigenvalue weighted by atomic mass is 32.1. The van der Waals surface area contributed by atoms with Gasteiger partial charge in [0.25, 0.3) is 0 Å². The Labute approximate surface area is 141 Å². The number of carbonyl (C=O) groups is 1. The molecule has 0 atom stereocenters. The minimum atomic E-state index is 0.120. The number of aryl methyl sites for hydroxylation is 2. The summed E-state index contributed by atoms with van der Waals surface area (Å²) in [7, 11) is 1.84. The zero-order valence-electron chi connectivity index (χ0n) is 13.7. The maximum Gasteiger partial charge on any atom is 0.227 e. The van der Waals surface area contributed by atoms with Crippen molar-refractivity contribution in [2.45, 2.75) is 39.2 Å². The highest BCUT2D eigenvalue weighted by Gasteiger charge is 2.15. The predicted molar refractivity (Wildman–Crippen MR) is 91.9 cm³/mol. The lowest BCUT2D eigenvalue weighted by molar-refractivity contribution is -0.129. The number of amides is 1. The molecule has 1 aliphatic rings. The summed E-state index contributed by atoms with van der Waals surface area (Å²) in [6.07, 6.45) is 5.41. The van der Waals surface area contributed by atoms with E-state index in [0.29, 0.717) is 13.0 Å². The van der Waals surface area contributed by atoms with Gasteiger partial charge in [0.2, 0.25) is 5.91 Å². The van der Waals surface area contributed by atoms with Crippen LogP contribution in [0.3, 0.4) is 0 Å². The van der Waals surface area contributed by atoms with Gasteiger partial charge in [-0.2, -0.15) is 0 Å². The van der Waals surface area contributed by atoms with E-state index in [1.54, 1.807) is 16.2 Å². The number of likely N-dealkylation sites (N-methyl/N-ethyl adjacent to an activating group) is 1. The zero-order valence-corrected chi connectivity index (χ0v) is 14.5. The summed E-state index contributed by atoms with van der Waals surface area (Å²) >= 11 is 1.68. The summed E-state index contributed by atoms with van der Waals surface area (Å²) in [6.45, 7) is 3.49. The largest absolute Gasteiger partial charge is 0.493 e. The van der Waals surface area contributed by atoms with Crippen LogP contribution in [0.25, 0.3) is 0 Å². The van der Waals surface area contributed by atoms with Gasteiger partial charge in [-0.25, -0.2) is 4.98 Å². The molecule has 23 heavy (non-hydrogen) atoms. The molecule has 1 amide bonds. The van der Waals surface area contributed by atoms with E-state index in [1.807, 2.05) is 25.4 Å². The lowest BCUT2D eigenvalue weighted by Crippen LogP contribution is -2.27. The highest BCUT2D eigenvalue weighted by Crippen LogP contribution is 2.26. The molecule has 0 unspecified atom stereocenters. The zero-order chi connectivity index (χ0) is 16.2. The fraction of sp³-hybridized carbons (Fsp3) is 0.444. The SMILES string of the molecule is CCc1cnc(CN(C)C(=O)Cc2ccc3c(c2)CCCO3)s1. The first-order valence-electron chi connectivity index (χ1n) is 8.08. The number of ether oxygens (including phenoxy) is 1. The molecular formula is C18H22N2O2S. The lowest BCUT2D eigenvalue weighted by atomic mass is 10.0. The Morgan fingerprint density at radius 1 is 1.43 bits per heavy atom. The van der Waals surface area contributed by atoms with Crippen LogP contribution < -0.4 is 4.74 Å². The molecule has 1 aromatic carbocycles. The molecule has 0 fully saturated rings. The number of thiazole rings is 1. The van der Waals surface area contributed by atoms with Crippen LogP contribution >= 0.6 is 11.3 Å². The lowest BCUT2D eigenvalue weighted by Gasteiger charge is -2.19. The number of aromatic nitrogens is 1. The van der Waals surface area contributed by atoms with Gasteiger partial charge in [0.15, 0.2) is 0 Å². The summed E-state index contributed by atoms with van der Waals surface area (Å²) in [5.41, 5.74) is 2.27. The molecule has 4 nitrogen and oxygen atoms in total. The molecule has 1 aromatic heterocycles. The van der Waals surface area contributed by atoms with Gasteiger partial charge in [0.1, 0.15) is 10.8 Å². The van der Waals surface area contributed by atoms with Crippen LogP contribution in [0.15, 0.2) is 24.4 Å². The van der Waals surface area contributed by atoms with Gasteiger partial charge in [-0.1, -0.05) is 19.1 Å². The van der Waals surface area contributed by atoms with E-state index in [0.717, 1.165) is 42.2 Å². The van der Waals surface area contributed by atoms with Crippen molar-refractivity contribution in [3.05, 3.63) is 45.4 Å². The molecule has 0 aliphatic carbocycles. The molecule has 0 bridgehead atoms. The van der Waals surface area contributed by atoms with Gasteiger partial charge < -0.3 is 9.64 Å². The fourth-order valence-electron chi connectivity index (χ4n) is 2.71. The first kappa shape index (κ1) is 16.0. The summed E-state index contributed by atoms with van der Waals surface area (Å²) in [4.78, 5) is 19.8. The Morgan fingerprint density at radius 2 is 2.30 bits per heavy atom. The van der Waals surface area contributed by atoms with Crippen molar-refractivity contribution < 1.29 is 9.53 Å². The molecule has 0 radical (unpaired) electrons. The Morgan fingerprint density at radius 3 is 3.09 bits per heavy atom. The summed E-state index contributed by atoms with van der Waals surface area (Å²) < 4.78 is 5.62. The number of rotatable bonds is 5. The van der Waals surface area contributed by atoms with E-state index in [-0.39, 0.29) is 5.91 Å². The molecule has 0 saturated heterocycles. The number of hydrogen-bond acceptors (Lipinski definition) is 4. The van der Waals surface area contributed by atoms with E-state index in [9.17, 15) is 4.79 Å². The minimum Gasteiger partial charge on any atom is -0.493 e. The second kappa shape index (κ2) is 7.13. The molecule has 122 valence electrons. The van der Waals surface area contributed by atoms with Crippen LogP contribution in [0.1, 0.15) is 34.4 Å². The second-order valence-electron chi connectivity index (χ2n) is 5.89. The van der Waals surface area contributed by atoms with Crippen LogP contribution in [0.2, 0.25) is 0 Å². The topological polar surface area (TPSA) is 42.4 Å². The van der Waals surface area contributed by atoms with Crippen molar-refractivity contribution in [1.29, 1.82) is 0 Å². The Balaban J connectivity index is 1.61. The molecule has 0 N–H and O–H groups in total. The minimum absolute atomic E-state index is 0.120. The van der Waals surface area contributed by atoms with Crippen LogP contribution in [-0.4, -0.2) is 29.4 Å². The Bertz CT molecular complexity index is 696. The van der Waals surface area contributed by atoms with E-state index in [2.05, 4.69) is 18.0 Å². The number of fused-ring (bicyclic) bond motifs is 1. The molecular weight excluding hydrogens is 308 g/mol. The normalized spacial score (nSPS) is 13.3. The third kappa shape index (κ3) is 3.91. The molecule has 2 heterocycles. The molecule has 0 saturated carbocycles. The van der Waals surface area contributed by atoms with Crippen molar-refractivity contribution >= 4 is 17.2 Å². The summed E-state index contributed by atoms with van der Waals surface area (Å²) in [5, 5.41) is 0.997. The second-order valence-corrected chi connectivity index (χ2v) is 7.09. The predicted octanol–water partition coefficient (Wildman–Crippen LogP) is 3.23. The van der Waals surface area contributed by atoms with Gasteiger partial charge in [-0.15, -0.1) is 11.3 Å². The first-order chi connectivity index (χ1) is 11.2. The van der Waals surface area contributed by atoms with Crippen molar-refractivity contribution in [2.75, 3.05) is 13.7 Å². The van der Waals surface area contributed by atoms with E-state index >= 15 is 0 Å². The standard InChI is InChI=1S/C18H22N2O2S/c1-3-15-11-19-17(23-15)12-20(2)18(21)10-13-6-7-16-14(9-13)5-4-8-22-16/h6-7,9,11H,3-5,8,10,12H2,1-2H3. The molecule has 0 spiro atoms. The maximum absolute atomic E-state index is 12.4. The first-order valence-corrected chi connectivity index (χ1v) is 8.89. The quantitative estimate of drug-likeness (QED) is 0.845.